The van der Waals surface area contributed by atoms with Gasteiger partial charge in [-0.25, -0.2) is 4.79 Å². The smallest absolute Gasteiger partial charge is 0.335 e. The van der Waals surface area contributed by atoms with E-state index in [-0.39, 0.29) is 36.3 Å². The molecule has 0 aliphatic carbocycles. The number of rotatable bonds is 7. The van der Waals surface area contributed by atoms with Gasteiger partial charge in [0, 0.05) is 17.1 Å². The van der Waals surface area contributed by atoms with E-state index in [0.29, 0.717) is 10.7 Å². The van der Waals surface area contributed by atoms with Gasteiger partial charge in [-0.1, -0.05) is 41.9 Å². The minimum absolute atomic E-state index is 0.0634. The first kappa shape index (κ1) is 25.4. The molecule has 1 heterocycles. The molecule has 0 radical (unpaired) electrons. The van der Waals surface area contributed by atoms with E-state index in [4.69, 9.17) is 16.7 Å². The van der Waals surface area contributed by atoms with E-state index in [9.17, 15) is 24.4 Å². The third-order valence-corrected chi connectivity index (χ3v) is 6.18. The second kappa shape index (κ2) is 10.9. The lowest BCUT2D eigenvalue weighted by Crippen LogP contribution is -2.60. The van der Waals surface area contributed by atoms with Crippen LogP contribution in [-0.2, 0) is 20.8 Å². The van der Waals surface area contributed by atoms with E-state index in [2.05, 4.69) is 5.32 Å². The van der Waals surface area contributed by atoms with E-state index in [1.807, 2.05) is 36.4 Å². The average Bonchev–Trinajstić information content (AvgIpc) is 2.89. The van der Waals surface area contributed by atoms with Gasteiger partial charge in [0.15, 0.2) is 0 Å². The molecule has 0 saturated carbocycles. The maximum atomic E-state index is 13.4. The summed E-state index contributed by atoms with van der Waals surface area (Å²) in [6.07, 6.45) is 0.152. The van der Waals surface area contributed by atoms with Gasteiger partial charge in [0.1, 0.15) is 25.2 Å². The van der Waals surface area contributed by atoms with Gasteiger partial charge in [-0.3, -0.25) is 14.4 Å². The summed E-state index contributed by atoms with van der Waals surface area (Å²) in [4.78, 5) is 53.4. The van der Waals surface area contributed by atoms with Crippen molar-refractivity contribution in [2.24, 2.45) is 0 Å². The van der Waals surface area contributed by atoms with Crippen LogP contribution in [0.15, 0.2) is 72.8 Å². The SMILES string of the molecule is N#Cc1ccc(Cl)cc1N1CC(=O)N(C(Cc2ccccc2)C(=O)Nc2ccc(C(=O)O)cc2)CC1=O. The van der Waals surface area contributed by atoms with Gasteiger partial charge >= 0.3 is 5.97 Å². The molecule has 3 aromatic carbocycles. The summed E-state index contributed by atoms with van der Waals surface area (Å²) in [6.45, 7) is -0.737. The van der Waals surface area contributed by atoms with Gasteiger partial charge in [-0.2, -0.15) is 5.26 Å². The van der Waals surface area contributed by atoms with E-state index in [0.717, 1.165) is 5.56 Å². The topological polar surface area (TPSA) is 131 Å². The van der Waals surface area contributed by atoms with Gasteiger partial charge in [0.2, 0.25) is 17.7 Å². The van der Waals surface area contributed by atoms with Gasteiger partial charge in [-0.15, -0.1) is 0 Å². The Morgan fingerprint density at radius 2 is 1.70 bits per heavy atom. The lowest BCUT2D eigenvalue weighted by atomic mass is 10.0. The van der Waals surface area contributed by atoms with E-state index in [1.165, 1.54) is 52.3 Å². The molecule has 186 valence electrons. The van der Waals surface area contributed by atoms with Crippen molar-refractivity contribution in [1.82, 2.24) is 4.90 Å². The van der Waals surface area contributed by atoms with E-state index in [1.54, 1.807) is 0 Å². The Kier molecular flexibility index (Phi) is 7.51. The van der Waals surface area contributed by atoms with Crippen molar-refractivity contribution in [1.29, 1.82) is 5.26 Å². The van der Waals surface area contributed by atoms with Crippen LogP contribution in [0.2, 0.25) is 5.02 Å². The largest absolute Gasteiger partial charge is 0.478 e. The molecule has 1 unspecified atom stereocenters. The minimum atomic E-state index is -1.10. The number of carboxylic acids is 1. The molecule has 3 amide bonds. The third-order valence-electron chi connectivity index (χ3n) is 5.94. The number of carbonyl (C=O) groups excluding carboxylic acids is 3. The fourth-order valence-electron chi connectivity index (χ4n) is 4.06. The molecule has 1 atom stereocenters. The van der Waals surface area contributed by atoms with Crippen LogP contribution >= 0.6 is 11.6 Å². The first-order valence-corrected chi connectivity index (χ1v) is 11.6. The number of anilines is 2. The van der Waals surface area contributed by atoms with Gasteiger partial charge in [0.25, 0.3) is 0 Å². The van der Waals surface area contributed by atoms with E-state index >= 15 is 0 Å². The monoisotopic (exact) mass is 516 g/mol. The summed E-state index contributed by atoms with van der Waals surface area (Å²) < 4.78 is 0. The molecular formula is C27H21ClN4O5. The Morgan fingerprint density at radius 1 is 1.00 bits per heavy atom. The van der Waals surface area contributed by atoms with Crippen LogP contribution in [0.1, 0.15) is 21.5 Å². The highest BCUT2D eigenvalue weighted by molar-refractivity contribution is 6.31. The quantitative estimate of drug-likeness (QED) is 0.495. The molecule has 10 heteroatoms. The summed E-state index contributed by atoms with van der Waals surface area (Å²) in [5.41, 5.74) is 1.63. The molecule has 0 bridgehead atoms. The fraction of sp³-hybridized carbons (Fsp3) is 0.148. The number of amides is 3. The Balaban J connectivity index is 1.60. The van der Waals surface area contributed by atoms with Gasteiger partial charge < -0.3 is 20.2 Å². The molecule has 1 aliphatic heterocycles. The van der Waals surface area contributed by atoms with Gasteiger partial charge in [0.05, 0.1) is 16.8 Å². The number of hydrogen-bond acceptors (Lipinski definition) is 5. The van der Waals surface area contributed by atoms with Crippen molar-refractivity contribution in [3.05, 3.63) is 94.5 Å². The molecule has 1 fully saturated rings. The highest BCUT2D eigenvalue weighted by Gasteiger charge is 2.38. The zero-order valence-electron chi connectivity index (χ0n) is 19.4. The van der Waals surface area contributed by atoms with Crippen LogP contribution in [0.25, 0.3) is 0 Å². The van der Waals surface area contributed by atoms with Crippen molar-refractivity contribution < 1.29 is 24.3 Å². The molecule has 0 aromatic heterocycles. The van der Waals surface area contributed by atoms with Crippen LogP contribution < -0.4 is 10.2 Å². The number of carboxylic acid groups (broad SMARTS) is 1. The lowest BCUT2D eigenvalue weighted by molar-refractivity contribution is -0.143. The third kappa shape index (κ3) is 5.77. The lowest BCUT2D eigenvalue weighted by Gasteiger charge is -2.38. The van der Waals surface area contributed by atoms with Crippen molar-refractivity contribution in [2.45, 2.75) is 12.5 Å². The number of aromatic carboxylic acids is 1. The molecule has 2 N–H and O–H groups in total. The molecule has 37 heavy (non-hydrogen) atoms. The number of nitriles is 1. The number of nitrogens with zero attached hydrogens (tertiary/aromatic N) is 3. The molecule has 0 spiro atoms. The normalized spacial score (nSPS) is 14.2. The number of piperazine rings is 1. The van der Waals surface area contributed by atoms with Crippen molar-refractivity contribution in [2.75, 3.05) is 23.3 Å². The number of benzene rings is 3. The number of carbonyl (C=O) groups is 4. The van der Waals surface area contributed by atoms with Crippen LogP contribution in [0.5, 0.6) is 0 Å². The average molecular weight is 517 g/mol. The molecule has 9 nitrogen and oxygen atoms in total. The molecule has 1 saturated heterocycles. The van der Waals surface area contributed by atoms with Crippen molar-refractivity contribution >= 4 is 46.7 Å². The summed E-state index contributed by atoms with van der Waals surface area (Å²) in [7, 11) is 0. The molecular weight excluding hydrogens is 496 g/mol. The highest BCUT2D eigenvalue weighted by atomic mass is 35.5. The minimum Gasteiger partial charge on any atom is -0.478 e. The molecule has 3 aromatic rings. The maximum Gasteiger partial charge on any atom is 0.335 e. The second-order valence-electron chi connectivity index (χ2n) is 8.35. The predicted molar refractivity (Wildman–Crippen MR) is 136 cm³/mol. The summed E-state index contributed by atoms with van der Waals surface area (Å²) >= 11 is 6.06. The van der Waals surface area contributed by atoms with Crippen LogP contribution in [-0.4, -0.2) is 52.8 Å². The van der Waals surface area contributed by atoms with Gasteiger partial charge in [-0.05, 0) is 48.0 Å². The molecule has 1 aliphatic rings. The zero-order chi connectivity index (χ0) is 26.5. The summed E-state index contributed by atoms with van der Waals surface area (Å²) in [5.74, 6) is -2.56. The fourth-order valence-corrected chi connectivity index (χ4v) is 4.23. The Hall–Kier alpha value is -4.68. The zero-order valence-corrected chi connectivity index (χ0v) is 20.2. The Morgan fingerprint density at radius 3 is 2.35 bits per heavy atom. The molecule has 4 rings (SSSR count). The predicted octanol–water partition coefficient (Wildman–Crippen LogP) is 3.34. The summed E-state index contributed by atoms with van der Waals surface area (Å²) in [6, 6.07) is 20.1. The maximum absolute atomic E-state index is 13.4. The summed E-state index contributed by atoms with van der Waals surface area (Å²) in [5, 5.41) is 21.6. The number of hydrogen-bond donors (Lipinski definition) is 2. The highest BCUT2D eigenvalue weighted by Crippen LogP contribution is 2.27. The Labute approximate surface area is 217 Å². The standard InChI is InChI=1S/C27H21ClN4O5/c28-20-9-6-19(14-29)22(13-20)31-15-25(34)32(16-24(31)33)23(12-17-4-2-1-3-5-17)26(35)30-21-10-7-18(8-11-21)27(36)37/h1-11,13,23H,12,15-16H2,(H,30,35)(H,36,37). The van der Waals surface area contributed by atoms with Crippen molar-refractivity contribution in [3.63, 3.8) is 0 Å². The Bertz CT molecular complexity index is 1400. The van der Waals surface area contributed by atoms with Crippen molar-refractivity contribution in [3.8, 4) is 6.07 Å². The second-order valence-corrected chi connectivity index (χ2v) is 8.79. The van der Waals surface area contributed by atoms with Crippen LogP contribution in [0, 0.1) is 11.3 Å². The van der Waals surface area contributed by atoms with Crippen LogP contribution in [0.3, 0.4) is 0 Å². The van der Waals surface area contributed by atoms with Crippen LogP contribution in [0.4, 0.5) is 11.4 Å². The first-order valence-electron chi connectivity index (χ1n) is 11.2. The van der Waals surface area contributed by atoms with E-state index < -0.39 is 29.7 Å². The number of halogens is 1. The number of nitrogens with one attached hydrogen (secondary N) is 1. The first-order chi connectivity index (χ1) is 17.8.